The van der Waals surface area contributed by atoms with E-state index in [0.29, 0.717) is 5.92 Å². The van der Waals surface area contributed by atoms with Crippen LogP contribution in [0.1, 0.15) is 177 Å². The lowest BCUT2D eigenvalue weighted by Gasteiger charge is -2.30. The molecule has 0 bridgehead atoms. The minimum absolute atomic E-state index is 0.169. The Morgan fingerprint density at radius 1 is 0.420 bits per heavy atom. The second-order valence-electron chi connectivity index (χ2n) is 18.8. The standard InChI is InChI=1S/C28H42.C22H30/c1-12-13-22(23-16-25(27(6,7)8)20(4)14-18(23)2)24-17-26(28(9,10)11)21(5)15-19(24)3;1-14-9-16(3)17(4)19(10-14)13-20-11-15(2)12-21(18(20)5)22(6,7)8/h14-17,22H,12-13H2,1-11H3;9-12H,13H2,1-8H3. The minimum atomic E-state index is 0.169. The van der Waals surface area contributed by atoms with Crippen LogP contribution in [0.25, 0.3) is 0 Å². The molecule has 0 unspecified atom stereocenters. The van der Waals surface area contributed by atoms with Gasteiger partial charge in [-0.2, -0.15) is 0 Å². The van der Waals surface area contributed by atoms with Crippen molar-refractivity contribution in [3.63, 3.8) is 0 Å². The summed E-state index contributed by atoms with van der Waals surface area (Å²) >= 11 is 0. The molecule has 0 nitrogen and oxygen atoms in total. The Morgan fingerprint density at radius 2 is 0.820 bits per heavy atom. The summed E-state index contributed by atoms with van der Waals surface area (Å²) in [5.74, 6) is 0.466. The first-order chi connectivity index (χ1) is 22.9. The van der Waals surface area contributed by atoms with Crippen LogP contribution in [0.4, 0.5) is 0 Å². The summed E-state index contributed by atoms with van der Waals surface area (Å²) in [4.78, 5) is 0. The van der Waals surface area contributed by atoms with E-state index in [4.69, 9.17) is 0 Å². The van der Waals surface area contributed by atoms with Crippen molar-refractivity contribution in [2.45, 2.75) is 173 Å². The molecule has 0 saturated heterocycles. The maximum absolute atomic E-state index is 2.51. The zero-order chi connectivity index (χ0) is 38.1. The van der Waals surface area contributed by atoms with E-state index in [1.165, 1.54) is 102 Å². The second kappa shape index (κ2) is 15.6. The van der Waals surface area contributed by atoms with E-state index in [9.17, 15) is 0 Å². The highest BCUT2D eigenvalue weighted by Crippen LogP contribution is 2.40. The largest absolute Gasteiger partial charge is 0.0653 e. The fourth-order valence-electron chi connectivity index (χ4n) is 8.28. The van der Waals surface area contributed by atoms with Gasteiger partial charge in [0, 0.05) is 5.92 Å². The van der Waals surface area contributed by atoms with Crippen molar-refractivity contribution in [2.24, 2.45) is 0 Å². The Bertz CT molecular complexity index is 1730. The normalized spacial score (nSPS) is 12.3. The first kappa shape index (κ1) is 41.3. The smallest absolute Gasteiger partial charge is 0.00947 e. The highest BCUT2D eigenvalue weighted by molar-refractivity contribution is 5.50. The quantitative estimate of drug-likeness (QED) is 0.191. The predicted molar refractivity (Wildman–Crippen MR) is 224 cm³/mol. The van der Waals surface area contributed by atoms with Crippen molar-refractivity contribution >= 4 is 0 Å². The fraction of sp³-hybridized carbons (Fsp3) is 0.520. The van der Waals surface area contributed by atoms with Gasteiger partial charge in [-0.15, -0.1) is 0 Å². The lowest BCUT2D eigenvalue weighted by atomic mass is 9.75. The van der Waals surface area contributed by atoms with E-state index in [0.717, 1.165) is 6.42 Å². The van der Waals surface area contributed by atoms with Gasteiger partial charge in [0.25, 0.3) is 0 Å². The third-order valence-corrected chi connectivity index (χ3v) is 10.9. The van der Waals surface area contributed by atoms with Crippen molar-refractivity contribution in [3.05, 3.63) is 138 Å². The molecule has 272 valence electrons. The molecule has 0 heteroatoms. The van der Waals surface area contributed by atoms with Crippen LogP contribution in [0, 0.1) is 62.3 Å². The third-order valence-electron chi connectivity index (χ3n) is 10.9. The Balaban J connectivity index is 0.000000278. The number of aryl methyl sites for hydroxylation is 7. The summed E-state index contributed by atoms with van der Waals surface area (Å²) in [7, 11) is 0. The minimum Gasteiger partial charge on any atom is -0.0653 e. The molecule has 4 aromatic carbocycles. The molecule has 0 aliphatic rings. The predicted octanol–water partition coefficient (Wildman–Crippen LogP) is 14.6. The van der Waals surface area contributed by atoms with Crippen molar-refractivity contribution < 1.29 is 0 Å². The summed E-state index contributed by atoms with van der Waals surface area (Å²) in [5, 5.41) is 0. The van der Waals surface area contributed by atoms with Crippen LogP contribution in [0.2, 0.25) is 0 Å². The van der Waals surface area contributed by atoms with Crippen molar-refractivity contribution in [2.75, 3.05) is 0 Å². The van der Waals surface area contributed by atoms with Gasteiger partial charge < -0.3 is 0 Å². The molecular weight excluding hydrogens is 601 g/mol. The van der Waals surface area contributed by atoms with Crippen molar-refractivity contribution in [1.29, 1.82) is 0 Å². The summed E-state index contributed by atoms with van der Waals surface area (Å²) < 4.78 is 0. The van der Waals surface area contributed by atoms with E-state index in [1.54, 1.807) is 0 Å². The van der Waals surface area contributed by atoms with E-state index in [2.05, 4.69) is 180 Å². The molecule has 0 atom stereocenters. The van der Waals surface area contributed by atoms with Crippen LogP contribution in [-0.4, -0.2) is 0 Å². The highest BCUT2D eigenvalue weighted by atomic mass is 14.3. The van der Waals surface area contributed by atoms with Crippen molar-refractivity contribution in [3.8, 4) is 0 Å². The van der Waals surface area contributed by atoms with Crippen LogP contribution in [0.5, 0.6) is 0 Å². The molecule has 0 heterocycles. The van der Waals surface area contributed by atoms with Gasteiger partial charge in [0.05, 0.1) is 0 Å². The summed E-state index contributed by atoms with van der Waals surface area (Å²) in [5.41, 5.74) is 23.7. The maximum Gasteiger partial charge on any atom is 0.00947 e. The summed E-state index contributed by atoms with van der Waals surface area (Å²) in [6.45, 7) is 43.5. The molecule has 0 N–H and O–H groups in total. The monoisotopic (exact) mass is 673 g/mol. The molecule has 0 amide bonds. The lowest BCUT2D eigenvalue weighted by Crippen LogP contribution is -2.17. The first-order valence-electron chi connectivity index (χ1n) is 19.3. The van der Waals surface area contributed by atoms with Gasteiger partial charge in [-0.05, 0) is 169 Å². The Hall–Kier alpha value is -3.12. The number of hydrogen-bond donors (Lipinski definition) is 0. The Morgan fingerprint density at radius 3 is 1.22 bits per heavy atom. The van der Waals surface area contributed by atoms with Gasteiger partial charge in [-0.3, -0.25) is 0 Å². The molecule has 0 spiro atoms. The van der Waals surface area contributed by atoms with Gasteiger partial charge in [0.2, 0.25) is 0 Å². The van der Waals surface area contributed by atoms with Gasteiger partial charge in [0.1, 0.15) is 0 Å². The molecule has 0 saturated carbocycles. The molecule has 0 radical (unpaired) electrons. The number of benzene rings is 4. The Kier molecular flexibility index (Phi) is 12.9. The van der Waals surface area contributed by atoms with E-state index in [1.807, 2.05) is 0 Å². The zero-order valence-electron chi connectivity index (χ0n) is 35.8. The molecule has 0 aromatic heterocycles. The zero-order valence-corrected chi connectivity index (χ0v) is 35.8. The molecule has 4 rings (SSSR count). The fourth-order valence-corrected chi connectivity index (χ4v) is 8.28. The van der Waals surface area contributed by atoms with Gasteiger partial charge >= 0.3 is 0 Å². The number of hydrogen-bond acceptors (Lipinski definition) is 0. The van der Waals surface area contributed by atoms with Gasteiger partial charge in [-0.25, -0.2) is 0 Å². The van der Waals surface area contributed by atoms with Crippen LogP contribution in [0.3, 0.4) is 0 Å². The number of rotatable bonds is 6. The van der Waals surface area contributed by atoms with Crippen LogP contribution in [-0.2, 0) is 22.7 Å². The highest BCUT2D eigenvalue weighted by Gasteiger charge is 2.26. The summed E-state index contributed by atoms with van der Waals surface area (Å²) in [6, 6.07) is 19.2. The Labute approximate surface area is 309 Å². The molecule has 0 fully saturated rings. The van der Waals surface area contributed by atoms with Gasteiger partial charge in [-0.1, -0.05) is 135 Å². The lowest BCUT2D eigenvalue weighted by molar-refractivity contribution is 0.579. The molecule has 0 aliphatic carbocycles. The van der Waals surface area contributed by atoms with Crippen LogP contribution in [0.15, 0.2) is 48.5 Å². The average Bonchev–Trinajstić information content (AvgIpc) is 2.95. The van der Waals surface area contributed by atoms with E-state index < -0.39 is 0 Å². The van der Waals surface area contributed by atoms with E-state index >= 15 is 0 Å². The molecular formula is C50H72. The summed E-state index contributed by atoms with van der Waals surface area (Å²) in [6.07, 6.45) is 3.42. The molecule has 0 aliphatic heterocycles. The topological polar surface area (TPSA) is 0 Å². The SMILES string of the molecule is CCCC(c1cc(C(C)(C)C)c(C)cc1C)c1cc(C(C)(C)C)c(C)cc1C.Cc1cc(C)c(C)c(Cc2cc(C)cc(C(C)(C)C)c2C)c1. The van der Waals surface area contributed by atoms with Gasteiger partial charge in [0.15, 0.2) is 0 Å². The third kappa shape index (κ3) is 9.80. The van der Waals surface area contributed by atoms with Crippen LogP contribution >= 0.6 is 0 Å². The van der Waals surface area contributed by atoms with Crippen molar-refractivity contribution in [1.82, 2.24) is 0 Å². The maximum atomic E-state index is 2.51. The van der Waals surface area contributed by atoms with E-state index in [-0.39, 0.29) is 16.2 Å². The average molecular weight is 673 g/mol. The van der Waals surface area contributed by atoms with Crippen LogP contribution < -0.4 is 0 Å². The second-order valence-corrected chi connectivity index (χ2v) is 18.8. The molecule has 4 aromatic rings. The molecule has 50 heavy (non-hydrogen) atoms. The first-order valence-corrected chi connectivity index (χ1v) is 19.3.